The van der Waals surface area contributed by atoms with Crippen LogP contribution in [-0.2, 0) is 17.6 Å². The lowest BCUT2D eigenvalue weighted by Gasteiger charge is -2.44. The highest BCUT2D eigenvalue weighted by atomic mass is 16.2. The van der Waals surface area contributed by atoms with Crippen LogP contribution in [0.5, 0.6) is 0 Å². The summed E-state index contributed by atoms with van der Waals surface area (Å²) in [6.45, 7) is 7.16. The van der Waals surface area contributed by atoms with Gasteiger partial charge in [0.25, 0.3) is 0 Å². The summed E-state index contributed by atoms with van der Waals surface area (Å²) in [5, 5.41) is 3.07. The lowest BCUT2D eigenvalue weighted by molar-refractivity contribution is -0.125. The molecule has 174 valence electrons. The zero-order valence-electron chi connectivity index (χ0n) is 19.7. The molecule has 2 aliphatic heterocycles. The number of piperidine rings is 1. The average Bonchev–Trinajstić information content (AvgIpc) is 3.35. The fourth-order valence-corrected chi connectivity index (χ4v) is 6.06. The lowest BCUT2D eigenvalue weighted by atomic mass is 9.82. The SMILES string of the molecule is CC=Cc1[nH]c2c(c1CC)C(=O)C(CN1CCC3(CC1)C(=O)NCN3c1ccccc1)CC2. The minimum Gasteiger partial charge on any atom is -0.358 e. The molecule has 3 aliphatic rings. The second-order valence-corrected chi connectivity index (χ2v) is 9.58. The number of allylic oxidation sites excluding steroid dienone is 1. The number of ketones is 1. The van der Waals surface area contributed by atoms with Crippen LogP contribution in [0.1, 0.15) is 60.4 Å². The van der Waals surface area contributed by atoms with E-state index in [2.05, 4.69) is 45.2 Å². The highest BCUT2D eigenvalue weighted by Crippen LogP contribution is 2.37. The number of fused-ring (bicyclic) bond motifs is 1. The number of carbonyl (C=O) groups excluding carboxylic acids is 2. The molecule has 6 nitrogen and oxygen atoms in total. The summed E-state index contributed by atoms with van der Waals surface area (Å²) in [6.07, 6.45) is 8.36. The number of aryl methyl sites for hydroxylation is 1. The first-order chi connectivity index (χ1) is 16.1. The first-order valence-electron chi connectivity index (χ1n) is 12.3. The Morgan fingerprint density at radius 1 is 1.15 bits per heavy atom. The van der Waals surface area contributed by atoms with Gasteiger partial charge in [-0.1, -0.05) is 31.2 Å². The zero-order valence-corrected chi connectivity index (χ0v) is 19.7. The van der Waals surface area contributed by atoms with Crippen LogP contribution in [0.25, 0.3) is 6.08 Å². The number of aromatic nitrogens is 1. The molecule has 1 aromatic carbocycles. The smallest absolute Gasteiger partial charge is 0.247 e. The molecule has 33 heavy (non-hydrogen) atoms. The summed E-state index contributed by atoms with van der Waals surface area (Å²) in [7, 11) is 0. The molecule has 1 aliphatic carbocycles. The van der Waals surface area contributed by atoms with Crippen molar-refractivity contribution >= 4 is 23.5 Å². The number of Topliss-reactive ketones (excluding diaryl/α,β-unsaturated/α-hetero) is 1. The number of nitrogens with zero attached hydrogens (tertiary/aromatic N) is 2. The number of carbonyl (C=O) groups is 2. The largest absolute Gasteiger partial charge is 0.358 e. The average molecular weight is 447 g/mol. The number of likely N-dealkylation sites (tertiary alicyclic amines) is 1. The van der Waals surface area contributed by atoms with Gasteiger partial charge < -0.3 is 20.1 Å². The molecule has 1 unspecified atom stereocenters. The van der Waals surface area contributed by atoms with Gasteiger partial charge in [-0.15, -0.1) is 0 Å². The Labute approximate surface area is 196 Å². The number of anilines is 1. The Kier molecular flexibility index (Phi) is 5.87. The topological polar surface area (TPSA) is 68.4 Å². The molecule has 0 radical (unpaired) electrons. The predicted octanol–water partition coefficient (Wildman–Crippen LogP) is 3.78. The molecule has 2 aromatic rings. The maximum absolute atomic E-state index is 13.5. The molecule has 0 bridgehead atoms. The molecule has 6 heteroatoms. The van der Waals surface area contributed by atoms with E-state index in [0.29, 0.717) is 12.5 Å². The summed E-state index contributed by atoms with van der Waals surface area (Å²) in [5.41, 5.74) is 4.93. The van der Waals surface area contributed by atoms with Gasteiger partial charge in [-0.3, -0.25) is 9.59 Å². The fourth-order valence-electron chi connectivity index (χ4n) is 6.06. The van der Waals surface area contributed by atoms with Gasteiger partial charge in [0.2, 0.25) is 5.91 Å². The normalized spacial score (nSPS) is 22.8. The number of hydrogen-bond acceptors (Lipinski definition) is 4. The van der Waals surface area contributed by atoms with Crippen LogP contribution in [0.4, 0.5) is 5.69 Å². The van der Waals surface area contributed by atoms with Crippen LogP contribution in [-0.4, -0.2) is 53.4 Å². The highest BCUT2D eigenvalue weighted by Gasteiger charge is 2.50. The van der Waals surface area contributed by atoms with Gasteiger partial charge in [-0.05, 0) is 62.8 Å². The van der Waals surface area contributed by atoms with Crippen LogP contribution in [0.3, 0.4) is 0 Å². The third-order valence-electron chi connectivity index (χ3n) is 7.83. The van der Waals surface area contributed by atoms with E-state index < -0.39 is 5.54 Å². The number of hydrogen-bond donors (Lipinski definition) is 2. The number of para-hydroxylation sites is 1. The Hall–Kier alpha value is -2.86. The van der Waals surface area contributed by atoms with E-state index in [1.54, 1.807) is 0 Å². The molecular weight excluding hydrogens is 412 g/mol. The summed E-state index contributed by atoms with van der Waals surface area (Å²) < 4.78 is 0. The van der Waals surface area contributed by atoms with Gasteiger partial charge in [0.05, 0.1) is 6.67 Å². The lowest BCUT2D eigenvalue weighted by Crippen LogP contribution is -2.57. The minimum atomic E-state index is -0.473. The first kappa shape index (κ1) is 22.0. The standard InChI is InChI=1S/C27H34N4O2/c1-3-8-22-21(4-2)24-23(29-22)12-11-19(25(24)32)17-30-15-13-27(14-16-30)26(33)28-18-31(27)20-9-6-5-7-10-20/h3,5-10,19,29H,4,11-18H2,1-2H3,(H,28,33). The van der Waals surface area contributed by atoms with Gasteiger partial charge in [0, 0.05) is 48.2 Å². The number of H-pyrrole nitrogens is 1. The molecule has 1 aromatic heterocycles. The van der Waals surface area contributed by atoms with Crippen molar-refractivity contribution in [3.05, 3.63) is 58.9 Å². The van der Waals surface area contributed by atoms with Crippen LogP contribution in [0, 0.1) is 5.92 Å². The molecular formula is C27H34N4O2. The highest BCUT2D eigenvalue weighted by molar-refractivity contribution is 6.02. The van der Waals surface area contributed by atoms with E-state index in [1.165, 1.54) is 0 Å². The first-order valence-corrected chi connectivity index (χ1v) is 12.3. The van der Waals surface area contributed by atoms with Crippen molar-refractivity contribution in [2.24, 2.45) is 5.92 Å². The Bertz CT molecular complexity index is 1060. The molecule has 1 amide bonds. The Balaban J connectivity index is 1.28. The van der Waals surface area contributed by atoms with Gasteiger partial charge in [0.15, 0.2) is 5.78 Å². The van der Waals surface area contributed by atoms with E-state index in [4.69, 9.17) is 0 Å². The van der Waals surface area contributed by atoms with Crippen LogP contribution in [0.2, 0.25) is 0 Å². The Morgan fingerprint density at radius 2 is 1.91 bits per heavy atom. The second kappa shape index (κ2) is 8.82. The molecule has 2 saturated heterocycles. The van der Waals surface area contributed by atoms with E-state index in [-0.39, 0.29) is 11.8 Å². The maximum atomic E-state index is 13.5. The van der Waals surface area contributed by atoms with Crippen molar-refractivity contribution in [2.75, 3.05) is 31.2 Å². The molecule has 3 heterocycles. The van der Waals surface area contributed by atoms with Crippen LogP contribution >= 0.6 is 0 Å². The number of rotatable bonds is 5. The van der Waals surface area contributed by atoms with Crippen molar-refractivity contribution in [1.82, 2.24) is 15.2 Å². The molecule has 2 N–H and O–H groups in total. The second-order valence-electron chi connectivity index (χ2n) is 9.58. The van der Waals surface area contributed by atoms with Crippen LogP contribution in [0.15, 0.2) is 36.4 Å². The molecule has 1 spiro atoms. The number of aromatic amines is 1. The maximum Gasteiger partial charge on any atom is 0.247 e. The van der Waals surface area contributed by atoms with Crippen molar-refractivity contribution in [1.29, 1.82) is 0 Å². The van der Waals surface area contributed by atoms with E-state index in [9.17, 15) is 9.59 Å². The molecule has 5 rings (SSSR count). The molecule has 1 atom stereocenters. The monoisotopic (exact) mass is 446 g/mol. The van der Waals surface area contributed by atoms with Crippen molar-refractivity contribution in [2.45, 2.75) is 51.5 Å². The fraction of sp³-hybridized carbons (Fsp3) is 0.481. The minimum absolute atomic E-state index is 0.0359. The van der Waals surface area contributed by atoms with Crippen molar-refractivity contribution < 1.29 is 9.59 Å². The summed E-state index contributed by atoms with van der Waals surface area (Å²) >= 11 is 0. The Morgan fingerprint density at radius 3 is 2.61 bits per heavy atom. The zero-order chi connectivity index (χ0) is 23.0. The van der Waals surface area contributed by atoms with E-state index in [0.717, 1.165) is 79.9 Å². The number of benzene rings is 1. The quantitative estimate of drug-likeness (QED) is 0.733. The van der Waals surface area contributed by atoms with Gasteiger partial charge in [-0.2, -0.15) is 0 Å². The molecule has 2 fully saturated rings. The summed E-state index contributed by atoms with van der Waals surface area (Å²) in [6, 6.07) is 10.2. The predicted molar refractivity (Wildman–Crippen MR) is 131 cm³/mol. The third-order valence-corrected chi connectivity index (χ3v) is 7.83. The molecule has 0 saturated carbocycles. The van der Waals surface area contributed by atoms with Gasteiger partial charge >= 0.3 is 0 Å². The third kappa shape index (κ3) is 3.70. The van der Waals surface area contributed by atoms with Gasteiger partial charge in [0.1, 0.15) is 5.54 Å². The summed E-state index contributed by atoms with van der Waals surface area (Å²) in [5.74, 6) is 0.472. The van der Waals surface area contributed by atoms with Gasteiger partial charge in [-0.25, -0.2) is 0 Å². The van der Waals surface area contributed by atoms with E-state index in [1.807, 2.05) is 31.2 Å². The summed E-state index contributed by atoms with van der Waals surface area (Å²) in [4.78, 5) is 34.5. The van der Waals surface area contributed by atoms with Crippen LogP contribution < -0.4 is 10.2 Å². The van der Waals surface area contributed by atoms with E-state index >= 15 is 0 Å². The number of amides is 1. The number of nitrogens with one attached hydrogen (secondary N) is 2. The van der Waals surface area contributed by atoms with Crippen molar-refractivity contribution in [3.8, 4) is 0 Å². The van der Waals surface area contributed by atoms with Crippen molar-refractivity contribution in [3.63, 3.8) is 0 Å².